The molecule has 3 heteroatoms. The average Bonchev–Trinajstić information content (AvgIpc) is 3.19. The zero-order valence-electron chi connectivity index (χ0n) is 15.0. The topological polar surface area (TPSA) is 34.1 Å². The Labute approximate surface area is 150 Å². The molecule has 1 aliphatic carbocycles. The number of aryl methyl sites for hydroxylation is 4. The van der Waals surface area contributed by atoms with E-state index in [9.17, 15) is 0 Å². The Kier molecular flexibility index (Phi) is 5.31. The summed E-state index contributed by atoms with van der Waals surface area (Å²) in [4.78, 5) is 4.37. The highest BCUT2D eigenvalue weighted by atomic mass is 16.5. The Morgan fingerprint density at radius 1 is 0.960 bits per heavy atom. The number of hydrogen-bond acceptors (Lipinski definition) is 3. The highest BCUT2D eigenvalue weighted by molar-refractivity contribution is 5.34. The van der Waals surface area contributed by atoms with E-state index in [1.54, 1.807) is 11.1 Å². The van der Waals surface area contributed by atoms with Crippen molar-refractivity contribution in [3.63, 3.8) is 0 Å². The molecule has 4 rings (SSSR count). The van der Waals surface area contributed by atoms with E-state index in [4.69, 9.17) is 4.74 Å². The predicted octanol–water partition coefficient (Wildman–Crippen LogP) is 3.88. The van der Waals surface area contributed by atoms with Gasteiger partial charge in [0, 0.05) is 12.2 Å². The minimum Gasteiger partial charge on any atom is -0.490 e. The summed E-state index contributed by atoms with van der Waals surface area (Å²) in [5, 5.41) is 3.47. The molecular formula is C22H28N2O. The van der Waals surface area contributed by atoms with Crippen LogP contribution >= 0.6 is 0 Å². The first-order valence-electron chi connectivity index (χ1n) is 9.77. The Morgan fingerprint density at radius 3 is 2.72 bits per heavy atom. The molecule has 1 N–H and O–H groups in total. The fraction of sp³-hybridized carbons (Fsp3) is 0.500. The van der Waals surface area contributed by atoms with E-state index in [2.05, 4.69) is 34.6 Å². The van der Waals surface area contributed by atoms with Crippen molar-refractivity contribution in [3.05, 3.63) is 58.9 Å². The van der Waals surface area contributed by atoms with Gasteiger partial charge in [-0.1, -0.05) is 18.2 Å². The minimum atomic E-state index is 0.499. The summed E-state index contributed by atoms with van der Waals surface area (Å²) in [6.45, 7) is 1.86. The van der Waals surface area contributed by atoms with E-state index >= 15 is 0 Å². The number of rotatable bonds is 6. The van der Waals surface area contributed by atoms with Crippen molar-refractivity contribution in [1.29, 1.82) is 0 Å². The van der Waals surface area contributed by atoms with E-state index in [1.807, 2.05) is 12.4 Å². The van der Waals surface area contributed by atoms with Gasteiger partial charge in [-0.05, 0) is 86.2 Å². The average molecular weight is 336 g/mol. The molecule has 1 atom stereocenters. The molecule has 0 amide bonds. The lowest BCUT2D eigenvalue weighted by Gasteiger charge is -2.16. The lowest BCUT2D eigenvalue weighted by atomic mass is 9.89. The molecule has 1 saturated heterocycles. The number of aromatic nitrogens is 1. The van der Waals surface area contributed by atoms with Gasteiger partial charge in [0.2, 0.25) is 0 Å². The van der Waals surface area contributed by atoms with Gasteiger partial charge < -0.3 is 10.1 Å². The molecule has 1 aromatic heterocycles. The van der Waals surface area contributed by atoms with Gasteiger partial charge in [0.25, 0.3) is 0 Å². The Hall–Kier alpha value is -1.87. The molecule has 1 fully saturated rings. The SMILES string of the molecule is c1cc2c(cc1CCc1cncc(OC[C@@H]3CCCN3)c1)CCCC2. The van der Waals surface area contributed by atoms with Crippen LogP contribution in [0.25, 0.3) is 0 Å². The second-order valence-corrected chi connectivity index (χ2v) is 7.44. The molecule has 1 aliphatic heterocycles. The van der Waals surface area contributed by atoms with E-state index in [1.165, 1.54) is 49.7 Å². The van der Waals surface area contributed by atoms with Crippen LogP contribution in [0.15, 0.2) is 36.7 Å². The normalized spacial score (nSPS) is 19.6. The third-order valence-electron chi connectivity index (χ3n) is 5.50. The number of pyridine rings is 1. The van der Waals surface area contributed by atoms with Gasteiger partial charge >= 0.3 is 0 Å². The summed E-state index contributed by atoms with van der Waals surface area (Å²) in [5.41, 5.74) is 5.84. The monoisotopic (exact) mass is 336 g/mol. The summed E-state index contributed by atoms with van der Waals surface area (Å²) >= 11 is 0. The maximum absolute atomic E-state index is 5.93. The summed E-state index contributed by atoms with van der Waals surface area (Å²) in [5.74, 6) is 0.900. The summed E-state index contributed by atoms with van der Waals surface area (Å²) in [7, 11) is 0. The van der Waals surface area contributed by atoms with Crippen molar-refractivity contribution in [2.24, 2.45) is 0 Å². The maximum Gasteiger partial charge on any atom is 0.137 e. The molecule has 2 heterocycles. The van der Waals surface area contributed by atoms with Crippen LogP contribution in [0.2, 0.25) is 0 Å². The maximum atomic E-state index is 5.93. The van der Waals surface area contributed by atoms with Crippen LogP contribution in [-0.2, 0) is 25.7 Å². The van der Waals surface area contributed by atoms with Crippen LogP contribution in [0.1, 0.15) is 47.9 Å². The van der Waals surface area contributed by atoms with Gasteiger partial charge in [0.15, 0.2) is 0 Å². The molecule has 0 spiro atoms. The summed E-state index contributed by atoms with van der Waals surface area (Å²) < 4.78 is 5.93. The third-order valence-corrected chi connectivity index (χ3v) is 5.50. The van der Waals surface area contributed by atoms with E-state index < -0.39 is 0 Å². The van der Waals surface area contributed by atoms with Crippen LogP contribution in [-0.4, -0.2) is 24.2 Å². The summed E-state index contributed by atoms with van der Waals surface area (Å²) in [6, 6.07) is 9.73. The van der Waals surface area contributed by atoms with Gasteiger partial charge in [-0.15, -0.1) is 0 Å². The van der Waals surface area contributed by atoms with Gasteiger partial charge in [-0.25, -0.2) is 0 Å². The Balaban J connectivity index is 1.33. The highest BCUT2D eigenvalue weighted by Gasteiger charge is 2.14. The number of benzene rings is 1. The van der Waals surface area contributed by atoms with Crippen molar-refractivity contribution in [1.82, 2.24) is 10.3 Å². The van der Waals surface area contributed by atoms with E-state index in [-0.39, 0.29) is 0 Å². The van der Waals surface area contributed by atoms with Crippen LogP contribution in [0.3, 0.4) is 0 Å². The molecule has 3 nitrogen and oxygen atoms in total. The largest absolute Gasteiger partial charge is 0.490 e. The second-order valence-electron chi connectivity index (χ2n) is 7.44. The standard InChI is InChI=1S/C22H28N2O/c1-2-5-20-12-17(9-10-19(20)4-1)7-8-18-13-22(15-23-14-18)25-16-21-6-3-11-24-21/h9-10,12-15,21,24H,1-8,11,16H2/t21-/m0/s1. The van der Waals surface area contributed by atoms with Gasteiger partial charge in [0.1, 0.15) is 12.4 Å². The van der Waals surface area contributed by atoms with Crippen LogP contribution in [0.4, 0.5) is 0 Å². The lowest BCUT2D eigenvalue weighted by Crippen LogP contribution is -2.28. The molecule has 0 unspecified atom stereocenters. The number of fused-ring (bicyclic) bond motifs is 1. The molecule has 2 aliphatic rings. The first-order chi connectivity index (χ1) is 12.4. The fourth-order valence-corrected chi connectivity index (χ4v) is 4.01. The molecule has 25 heavy (non-hydrogen) atoms. The van der Waals surface area contributed by atoms with Crippen molar-refractivity contribution in [2.45, 2.75) is 57.4 Å². The quantitative estimate of drug-likeness (QED) is 0.869. The molecule has 0 saturated carbocycles. The lowest BCUT2D eigenvalue weighted by molar-refractivity contribution is 0.276. The molecule has 132 valence electrons. The highest BCUT2D eigenvalue weighted by Crippen LogP contribution is 2.23. The molecule has 2 aromatic rings. The number of nitrogens with one attached hydrogen (secondary N) is 1. The number of nitrogens with zero attached hydrogens (tertiary/aromatic N) is 1. The smallest absolute Gasteiger partial charge is 0.137 e. The van der Waals surface area contributed by atoms with Crippen LogP contribution < -0.4 is 10.1 Å². The molecule has 0 bridgehead atoms. The second kappa shape index (κ2) is 8.01. The zero-order chi connectivity index (χ0) is 16.9. The van der Waals surface area contributed by atoms with Crippen LogP contribution in [0, 0.1) is 0 Å². The third kappa shape index (κ3) is 4.40. The fourth-order valence-electron chi connectivity index (χ4n) is 4.01. The van der Waals surface area contributed by atoms with Gasteiger partial charge in [-0.3, -0.25) is 4.98 Å². The first kappa shape index (κ1) is 16.6. The molecular weight excluding hydrogens is 308 g/mol. The van der Waals surface area contributed by atoms with Crippen molar-refractivity contribution >= 4 is 0 Å². The number of ether oxygens (including phenoxy) is 1. The van der Waals surface area contributed by atoms with Gasteiger partial charge in [0.05, 0.1) is 6.20 Å². The molecule has 0 radical (unpaired) electrons. The molecule has 1 aromatic carbocycles. The minimum absolute atomic E-state index is 0.499. The predicted molar refractivity (Wildman–Crippen MR) is 101 cm³/mol. The van der Waals surface area contributed by atoms with Gasteiger partial charge in [-0.2, -0.15) is 0 Å². The van der Waals surface area contributed by atoms with E-state index in [0.717, 1.165) is 31.7 Å². The van der Waals surface area contributed by atoms with E-state index in [0.29, 0.717) is 6.04 Å². The number of hydrogen-bond donors (Lipinski definition) is 1. The van der Waals surface area contributed by atoms with Crippen molar-refractivity contribution in [3.8, 4) is 5.75 Å². The van der Waals surface area contributed by atoms with Crippen molar-refractivity contribution < 1.29 is 4.74 Å². The first-order valence-corrected chi connectivity index (χ1v) is 9.77. The zero-order valence-corrected chi connectivity index (χ0v) is 15.0. The van der Waals surface area contributed by atoms with Crippen LogP contribution in [0.5, 0.6) is 5.75 Å². The van der Waals surface area contributed by atoms with Crippen molar-refractivity contribution in [2.75, 3.05) is 13.2 Å². The Morgan fingerprint density at radius 2 is 1.84 bits per heavy atom. The summed E-state index contributed by atoms with van der Waals surface area (Å²) in [6.07, 6.45) is 13.6. The Bertz CT molecular complexity index is 707.